The average molecular weight is 315 g/mol. The first-order valence-corrected chi connectivity index (χ1v) is 8.25. The van der Waals surface area contributed by atoms with Crippen LogP contribution in [0.3, 0.4) is 0 Å². The zero-order valence-electron chi connectivity index (χ0n) is 13.1. The maximum atomic E-state index is 12.9. The molecule has 4 rings (SSSR count). The molecule has 7 heteroatoms. The van der Waals surface area contributed by atoms with Crippen molar-refractivity contribution < 1.29 is 9.53 Å². The highest BCUT2D eigenvalue weighted by atomic mass is 16.5. The molecule has 3 heterocycles. The van der Waals surface area contributed by atoms with Crippen LogP contribution in [-0.2, 0) is 24.1 Å². The van der Waals surface area contributed by atoms with Gasteiger partial charge in [-0.25, -0.2) is 0 Å². The fourth-order valence-electron chi connectivity index (χ4n) is 3.45. The Morgan fingerprint density at radius 2 is 2.35 bits per heavy atom. The lowest BCUT2D eigenvalue weighted by atomic mass is 10.1. The van der Waals surface area contributed by atoms with Crippen LogP contribution in [0.2, 0.25) is 0 Å². The molecule has 0 spiro atoms. The van der Waals surface area contributed by atoms with Gasteiger partial charge in [0.05, 0.1) is 12.6 Å². The van der Waals surface area contributed by atoms with Crippen molar-refractivity contribution in [2.45, 2.75) is 38.3 Å². The van der Waals surface area contributed by atoms with Crippen molar-refractivity contribution in [3.63, 3.8) is 0 Å². The van der Waals surface area contributed by atoms with Crippen molar-refractivity contribution in [2.24, 2.45) is 0 Å². The molecule has 122 valence electrons. The molecule has 1 aliphatic carbocycles. The van der Waals surface area contributed by atoms with E-state index in [0.29, 0.717) is 25.4 Å². The number of aromatic nitrogens is 4. The Kier molecular flexibility index (Phi) is 3.87. The van der Waals surface area contributed by atoms with Crippen LogP contribution in [0.5, 0.6) is 0 Å². The molecule has 1 N–H and O–H groups in total. The number of amides is 1. The number of carbonyl (C=O) groups is 1. The van der Waals surface area contributed by atoms with Gasteiger partial charge in [0.25, 0.3) is 5.91 Å². The summed E-state index contributed by atoms with van der Waals surface area (Å²) in [6, 6.07) is 1.90. The zero-order chi connectivity index (χ0) is 15.6. The minimum Gasteiger partial charge on any atom is -0.374 e. The van der Waals surface area contributed by atoms with E-state index in [4.69, 9.17) is 4.74 Å². The molecule has 7 nitrogen and oxygen atoms in total. The Balaban J connectivity index is 1.49. The Labute approximate surface area is 134 Å². The van der Waals surface area contributed by atoms with Gasteiger partial charge < -0.3 is 9.64 Å². The molecule has 0 unspecified atom stereocenters. The molecule has 0 radical (unpaired) electrons. The normalized spacial score (nSPS) is 21.2. The van der Waals surface area contributed by atoms with Crippen LogP contribution in [0, 0.1) is 0 Å². The van der Waals surface area contributed by atoms with E-state index < -0.39 is 0 Å². The average Bonchev–Trinajstić information content (AvgIpc) is 3.23. The van der Waals surface area contributed by atoms with Gasteiger partial charge in [-0.1, -0.05) is 0 Å². The first kappa shape index (κ1) is 14.4. The Morgan fingerprint density at radius 1 is 1.39 bits per heavy atom. The maximum Gasteiger partial charge on any atom is 0.274 e. The Hall–Kier alpha value is -2.15. The minimum absolute atomic E-state index is 0.0281. The summed E-state index contributed by atoms with van der Waals surface area (Å²) in [6.45, 7) is 2.64. The fraction of sp³-hybridized carbons (Fsp3) is 0.562. The van der Waals surface area contributed by atoms with E-state index in [2.05, 4.69) is 15.3 Å². The van der Waals surface area contributed by atoms with Crippen molar-refractivity contribution >= 4 is 5.91 Å². The molecule has 2 aliphatic rings. The van der Waals surface area contributed by atoms with Gasteiger partial charge >= 0.3 is 0 Å². The second-order valence-electron chi connectivity index (χ2n) is 6.21. The van der Waals surface area contributed by atoms with Crippen molar-refractivity contribution in [1.29, 1.82) is 0 Å². The smallest absolute Gasteiger partial charge is 0.274 e. The molecule has 1 fully saturated rings. The molecule has 0 bridgehead atoms. The summed E-state index contributed by atoms with van der Waals surface area (Å²) in [6.07, 6.45) is 7.55. The molecular weight excluding hydrogens is 294 g/mol. The van der Waals surface area contributed by atoms with Gasteiger partial charge in [-0.15, -0.1) is 0 Å². The molecule has 2 aromatic rings. The summed E-state index contributed by atoms with van der Waals surface area (Å²) in [5, 5.41) is 11.5. The molecule has 23 heavy (non-hydrogen) atoms. The molecule has 1 saturated heterocycles. The SMILES string of the molecule is O=C(c1n[nH]c2c1CCC2)N1CCCO[C@@H](Cn2cccn2)C1. The molecular formula is C16H21N5O2. The second-order valence-corrected chi connectivity index (χ2v) is 6.21. The topological polar surface area (TPSA) is 76.0 Å². The van der Waals surface area contributed by atoms with E-state index >= 15 is 0 Å². The third-order valence-electron chi connectivity index (χ3n) is 4.60. The van der Waals surface area contributed by atoms with Gasteiger partial charge in [0.2, 0.25) is 0 Å². The number of H-pyrrole nitrogens is 1. The number of aromatic amines is 1. The summed E-state index contributed by atoms with van der Waals surface area (Å²) in [4.78, 5) is 14.8. The van der Waals surface area contributed by atoms with Crippen molar-refractivity contribution in [2.75, 3.05) is 19.7 Å². The summed E-state index contributed by atoms with van der Waals surface area (Å²) < 4.78 is 7.74. The lowest BCUT2D eigenvalue weighted by Crippen LogP contribution is -2.39. The third-order valence-corrected chi connectivity index (χ3v) is 4.60. The standard InChI is InChI=1S/C16H21N5O2/c22-16(15-13-4-1-5-14(13)18-19-15)20-7-3-9-23-12(10-20)11-21-8-2-6-17-21/h2,6,8,12H,1,3-5,7,9-11H2,(H,18,19)/t12-/m1/s1. The van der Waals surface area contributed by atoms with E-state index in [1.165, 1.54) is 0 Å². The van der Waals surface area contributed by atoms with E-state index in [9.17, 15) is 4.79 Å². The fourth-order valence-corrected chi connectivity index (χ4v) is 3.45. The third kappa shape index (κ3) is 2.88. The van der Waals surface area contributed by atoms with Crippen LogP contribution in [0.4, 0.5) is 0 Å². The highest BCUT2D eigenvalue weighted by Crippen LogP contribution is 2.24. The molecule has 1 amide bonds. The quantitative estimate of drug-likeness (QED) is 0.918. The van der Waals surface area contributed by atoms with Crippen LogP contribution in [0.15, 0.2) is 18.5 Å². The minimum atomic E-state index is -0.0339. The Bertz CT molecular complexity index is 679. The van der Waals surface area contributed by atoms with E-state index in [1.54, 1.807) is 6.20 Å². The summed E-state index contributed by atoms with van der Waals surface area (Å²) in [5.41, 5.74) is 2.86. The lowest BCUT2D eigenvalue weighted by Gasteiger charge is -2.23. The van der Waals surface area contributed by atoms with Gasteiger partial charge in [0.15, 0.2) is 5.69 Å². The number of hydrogen-bond donors (Lipinski definition) is 1. The van der Waals surface area contributed by atoms with Gasteiger partial charge in [-0.2, -0.15) is 10.2 Å². The van der Waals surface area contributed by atoms with Crippen LogP contribution in [-0.4, -0.2) is 56.6 Å². The van der Waals surface area contributed by atoms with Gasteiger partial charge in [0.1, 0.15) is 0 Å². The van der Waals surface area contributed by atoms with E-state index in [-0.39, 0.29) is 12.0 Å². The number of ether oxygens (including phenoxy) is 1. The molecule has 2 aromatic heterocycles. The van der Waals surface area contributed by atoms with Crippen molar-refractivity contribution in [3.8, 4) is 0 Å². The monoisotopic (exact) mass is 315 g/mol. The molecule has 0 saturated carbocycles. The van der Waals surface area contributed by atoms with E-state index in [0.717, 1.165) is 43.5 Å². The summed E-state index contributed by atoms with van der Waals surface area (Å²) >= 11 is 0. The number of fused-ring (bicyclic) bond motifs is 1. The number of nitrogens with one attached hydrogen (secondary N) is 1. The highest BCUT2D eigenvalue weighted by Gasteiger charge is 2.29. The largest absolute Gasteiger partial charge is 0.374 e. The number of aryl methyl sites for hydroxylation is 1. The van der Waals surface area contributed by atoms with Crippen LogP contribution >= 0.6 is 0 Å². The van der Waals surface area contributed by atoms with Gasteiger partial charge in [-0.05, 0) is 31.7 Å². The van der Waals surface area contributed by atoms with Crippen LogP contribution in [0.25, 0.3) is 0 Å². The highest BCUT2D eigenvalue weighted by molar-refractivity contribution is 5.94. The predicted molar refractivity (Wildman–Crippen MR) is 83.1 cm³/mol. The number of hydrogen-bond acceptors (Lipinski definition) is 4. The lowest BCUT2D eigenvalue weighted by molar-refractivity contribution is 0.0365. The molecule has 1 atom stereocenters. The first-order chi connectivity index (χ1) is 11.3. The van der Waals surface area contributed by atoms with Crippen molar-refractivity contribution in [3.05, 3.63) is 35.4 Å². The second kappa shape index (κ2) is 6.16. The maximum absolute atomic E-state index is 12.9. The summed E-state index contributed by atoms with van der Waals surface area (Å²) in [5.74, 6) is 0.0281. The zero-order valence-corrected chi connectivity index (χ0v) is 13.1. The van der Waals surface area contributed by atoms with Crippen LogP contribution in [0.1, 0.15) is 34.6 Å². The van der Waals surface area contributed by atoms with Crippen LogP contribution < -0.4 is 0 Å². The van der Waals surface area contributed by atoms with Crippen molar-refractivity contribution in [1.82, 2.24) is 24.9 Å². The van der Waals surface area contributed by atoms with Gasteiger partial charge in [-0.3, -0.25) is 14.6 Å². The summed E-state index contributed by atoms with van der Waals surface area (Å²) in [7, 11) is 0. The van der Waals surface area contributed by atoms with Gasteiger partial charge in [0, 0.05) is 43.3 Å². The first-order valence-electron chi connectivity index (χ1n) is 8.25. The number of rotatable bonds is 3. The number of nitrogens with zero attached hydrogens (tertiary/aromatic N) is 4. The van der Waals surface area contributed by atoms with E-state index in [1.807, 2.05) is 21.8 Å². The molecule has 0 aromatic carbocycles. The predicted octanol–water partition coefficient (Wildman–Crippen LogP) is 1.03. The Morgan fingerprint density at radius 3 is 3.22 bits per heavy atom. The molecule has 1 aliphatic heterocycles. The number of carbonyl (C=O) groups excluding carboxylic acids is 1.